The van der Waals surface area contributed by atoms with Gasteiger partial charge in [0.25, 0.3) is 5.91 Å². The molecule has 0 aromatic heterocycles. The zero-order valence-corrected chi connectivity index (χ0v) is 15.6. The molecule has 1 amide bonds. The van der Waals surface area contributed by atoms with Crippen LogP contribution < -0.4 is 19.9 Å². The third kappa shape index (κ3) is 5.49. The molecule has 0 spiro atoms. The van der Waals surface area contributed by atoms with Gasteiger partial charge in [0.1, 0.15) is 38.5 Å². The first kappa shape index (κ1) is 18.7. The summed E-state index contributed by atoms with van der Waals surface area (Å²) < 4.78 is 5.49. The Kier molecular flexibility index (Phi) is 7.06. The van der Waals surface area contributed by atoms with Crippen molar-refractivity contribution in [2.24, 2.45) is 0 Å². The van der Waals surface area contributed by atoms with E-state index in [4.69, 9.17) is 4.74 Å². The minimum absolute atomic E-state index is 0.183. The Bertz CT molecular complexity index is 539. The van der Waals surface area contributed by atoms with Crippen LogP contribution in [0, 0.1) is 6.92 Å². The molecule has 0 saturated carbocycles. The number of nitrogens with one attached hydrogen (secondary N) is 3. The predicted molar refractivity (Wildman–Crippen MR) is 95.6 cm³/mol. The summed E-state index contributed by atoms with van der Waals surface area (Å²) in [6, 6.07) is 6.66. The van der Waals surface area contributed by atoms with Gasteiger partial charge < -0.3 is 19.9 Å². The number of quaternary nitrogens is 2. The maximum atomic E-state index is 12.0. The van der Waals surface area contributed by atoms with E-state index in [2.05, 4.69) is 44.3 Å². The Balaban J connectivity index is 1.81. The zero-order chi connectivity index (χ0) is 17.5. The van der Waals surface area contributed by atoms with E-state index in [0.717, 1.165) is 44.9 Å². The summed E-state index contributed by atoms with van der Waals surface area (Å²) in [6.07, 6.45) is 0.983. The van der Waals surface area contributed by atoms with Gasteiger partial charge in [-0.25, -0.2) is 0 Å². The summed E-state index contributed by atoms with van der Waals surface area (Å²) in [7, 11) is 1.74. The van der Waals surface area contributed by atoms with E-state index in [1.165, 1.54) is 16.0 Å². The van der Waals surface area contributed by atoms with Crippen molar-refractivity contribution < 1.29 is 19.3 Å². The molecule has 1 aliphatic rings. The molecule has 1 atom stereocenters. The molecule has 3 N–H and O–H groups in total. The number of rotatable bonds is 7. The van der Waals surface area contributed by atoms with Gasteiger partial charge in [-0.2, -0.15) is 0 Å². The van der Waals surface area contributed by atoms with Gasteiger partial charge in [-0.05, 0) is 32.4 Å². The molecular formula is C19H33N3O2+2. The first-order chi connectivity index (χ1) is 11.5. The molecular weight excluding hydrogens is 302 g/mol. The lowest BCUT2D eigenvalue weighted by Crippen LogP contribution is -3.28. The highest BCUT2D eigenvalue weighted by atomic mass is 16.5. The van der Waals surface area contributed by atoms with Crippen molar-refractivity contribution in [3.8, 4) is 5.75 Å². The number of piperazine rings is 1. The van der Waals surface area contributed by atoms with E-state index in [0.29, 0.717) is 6.54 Å². The van der Waals surface area contributed by atoms with Gasteiger partial charge in [-0.3, -0.25) is 4.79 Å². The number of aryl methyl sites for hydroxylation is 1. The van der Waals surface area contributed by atoms with Crippen molar-refractivity contribution in [1.82, 2.24) is 5.32 Å². The highest BCUT2D eigenvalue weighted by Crippen LogP contribution is 2.18. The number of carbonyl (C=O) groups is 1. The van der Waals surface area contributed by atoms with Crippen molar-refractivity contribution in [3.05, 3.63) is 29.3 Å². The molecule has 0 aliphatic carbocycles. The Labute approximate surface area is 146 Å². The van der Waals surface area contributed by atoms with Gasteiger partial charge in [0, 0.05) is 11.6 Å². The van der Waals surface area contributed by atoms with Crippen molar-refractivity contribution in [2.75, 3.05) is 39.8 Å². The Morgan fingerprint density at radius 3 is 2.54 bits per heavy atom. The minimum Gasteiger partial charge on any atom is -0.496 e. The van der Waals surface area contributed by atoms with Crippen LogP contribution in [0.25, 0.3) is 0 Å². The monoisotopic (exact) mass is 335 g/mol. The number of hydrogen-bond acceptors (Lipinski definition) is 2. The third-order valence-corrected chi connectivity index (χ3v) is 4.97. The molecule has 0 unspecified atom stereocenters. The van der Waals surface area contributed by atoms with Crippen LogP contribution in [0.2, 0.25) is 0 Å². The van der Waals surface area contributed by atoms with Crippen molar-refractivity contribution >= 4 is 5.91 Å². The van der Waals surface area contributed by atoms with Crippen molar-refractivity contribution in [2.45, 2.75) is 39.8 Å². The van der Waals surface area contributed by atoms with Gasteiger partial charge in [0.15, 0.2) is 6.54 Å². The topological polar surface area (TPSA) is 47.2 Å². The first-order valence-corrected chi connectivity index (χ1v) is 9.11. The normalized spacial score (nSPS) is 22.0. The lowest BCUT2D eigenvalue weighted by atomic mass is 10.1. The average molecular weight is 335 g/mol. The fraction of sp³-hybridized carbons (Fsp3) is 0.632. The number of benzene rings is 1. The molecule has 5 heteroatoms. The largest absolute Gasteiger partial charge is 0.496 e. The summed E-state index contributed by atoms with van der Waals surface area (Å²) >= 11 is 0. The quantitative estimate of drug-likeness (QED) is 0.611. The highest BCUT2D eigenvalue weighted by Gasteiger charge is 2.25. The predicted octanol–water partition coefficient (Wildman–Crippen LogP) is -0.798. The van der Waals surface area contributed by atoms with E-state index < -0.39 is 0 Å². The zero-order valence-electron chi connectivity index (χ0n) is 15.6. The molecule has 1 fully saturated rings. The van der Waals surface area contributed by atoms with E-state index in [1.807, 2.05) is 0 Å². The summed E-state index contributed by atoms with van der Waals surface area (Å²) in [5.41, 5.74) is 2.56. The second-order valence-electron chi connectivity index (χ2n) is 7.05. The molecule has 0 bridgehead atoms. The van der Waals surface area contributed by atoms with Crippen LogP contribution in [-0.2, 0) is 11.3 Å². The summed E-state index contributed by atoms with van der Waals surface area (Å²) in [4.78, 5) is 15.0. The van der Waals surface area contributed by atoms with Crippen LogP contribution >= 0.6 is 0 Å². The van der Waals surface area contributed by atoms with Crippen LogP contribution in [0.3, 0.4) is 0 Å². The Hall–Kier alpha value is -1.59. The van der Waals surface area contributed by atoms with Crippen LogP contribution in [0.5, 0.6) is 5.75 Å². The number of ether oxygens (including phenoxy) is 1. The van der Waals surface area contributed by atoms with Crippen molar-refractivity contribution in [1.29, 1.82) is 0 Å². The van der Waals surface area contributed by atoms with Crippen LogP contribution in [-0.4, -0.2) is 51.8 Å². The molecule has 1 heterocycles. The standard InChI is InChI=1S/C19H31N3O2/c1-5-16(3)20-19(23)14-22-10-8-21(9-11-22)13-17-12-15(2)6-7-18(17)24-4/h6-7,12,16H,5,8-11,13-14H2,1-4H3,(H,20,23)/p+2/t16-/m1/s1. The summed E-state index contributed by atoms with van der Waals surface area (Å²) in [6.45, 7) is 12.2. The fourth-order valence-electron chi connectivity index (χ4n) is 3.28. The van der Waals surface area contributed by atoms with Gasteiger partial charge >= 0.3 is 0 Å². The molecule has 1 aromatic rings. The van der Waals surface area contributed by atoms with Gasteiger partial charge in [0.05, 0.1) is 7.11 Å². The molecule has 1 aromatic carbocycles. The maximum Gasteiger partial charge on any atom is 0.275 e. The lowest BCUT2D eigenvalue weighted by Gasteiger charge is -2.30. The van der Waals surface area contributed by atoms with Crippen LogP contribution in [0.15, 0.2) is 18.2 Å². The summed E-state index contributed by atoms with van der Waals surface area (Å²) in [5, 5.41) is 3.07. The van der Waals surface area contributed by atoms with Gasteiger partial charge in [-0.1, -0.05) is 18.6 Å². The molecule has 1 aliphatic heterocycles. The molecule has 134 valence electrons. The smallest absolute Gasteiger partial charge is 0.275 e. The van der Waals surface area contributed by atoms with E-state index in [9.17, 15) is 4.79 Å². The summed E-state index contributed by atoms with van der Waals surface area (Å²) in [5.74, 6) is 1.17. The van der Waals surface area contributed by atoms with Gasteiger partial charge in [0.2, 0.25) is 0 Å². The number of methoxy groups -OCH3 is 1. The first-order valence-electron chi connectivity index (χ1n) is 9.11. The van der Waals surface area contributed by atoms with Crippen LogP contribution in [0.1, 0.15) is 31.4 Å². The second kappa shape index (κ2) is 9.04. The Morgan fingerprint density at radius 1 is 1.25 bits per heavy atom. The number of hydrogen-bond donors (Lipinski definition) is 3. The average Bonchev–Trinajstić information content (AvgIpc) is 2.56. The van der Waals surface area contributed by atoms with Crippen LogP contribution in [0.4, 0.5) is 0 Å². The Morgan fingerprint density at radius 2 is 1.92 bits per heavy atom. The maximum absolute atomic E-state index is 12.0. The molecule has 1 saturated heterocycles. The molecule has 24 heavy (non-hydrogen) atoms. The second-order valence-corrected chi connectivity index (χ2v) is 7.05. The van der Waals surface area contributed by atoms with Gasteiger partial charge in [-0.15, -0.1) is 0 Å². The molecule has 0 radical (unpaired) electrons. The number of amides is 1. The van der Waals surface area contributed by atoms with E-state index in [-0.39, 0.29) is 11.9 Å². The number of carbonyl (C=O) groups excluding carboxylic acids is 1. The highest BCUT2D eigenvalue weighted by molar-refractivity contribution is 5.77. The molecule has 2 rings (SSSR count). The minimum atomic E-state index is 0.183. The van der Waals surface area contributed by atoms with Crippen molar-refractivity contribution in [3.63, 3.8) is 0 Å². The van der Waals surface area contributed by atoms with E-state index in [1.54, 1.807) is 12.0 Å². The SMILES string of the molecule is CC[C@@H](C)NC(=O)C[NH+]1CC[NH+](Cc2cc(C)ccc2OC)CC1. The lowest BCUT2D eigenvalue weighted by molar-refractivity contribution is -1.02. The third-order valence-electron chi connectivity index (χ3n) is 4.97. The molecule has 5 nitrogen and oxygen atoms in total. The van der Waals surface area contributed by atoms with E-state index >= 15 is 0 Å². The fourth-order valence-corrected chi connectivity index (χ4v) is 3.28.